The first-order valence-corrected chi connectivity index (χ1v) is 8.43. The predicted octanol–water partition coefficient (Wildman–Crippen LogP) is 4.48. The summed E-state index contributed by atoms with van der Waals surface area (Å²) in [5, 5.41) is 0.915. The van der Waals surface area contributed by atoms with Crippen molar-refractivity contribution in [2.45, 2.75) is 6.54 Å². The zero-order chi connectivity index (χ0) is 17.8. The summed E-state index contributed by atoms with van der Waals surface area (Å²) in [7, 11) is 0. The SMILES string of the molecule is O=C(c1ccc2cnccc2n1)N(Cc1ccccc1)c1ccccc1. The van der Waals surface area contributed by atoms with Gasteiger partial charge in [-0.25, -0.2) is 4.98 Å². The smallest absolute Gasteiger partial charge is 0.277 e. The first-order chi connectivity index (χ1) is 12.8. The summed E-state index contributed by atoms with van der Waals surface area (Å²) >= 11 is 0. The predicted molar refractivity (Wildman–Crippen MR) is 103 cm³/mol. The number of carbonyl (C=O) groups is 1. The number of carbonyl (C=O) groups excluding carboxylic acids is 1. The van der Waals surface area contributed by atoms with Gasteiger partial charge in [-0.05, 0) is 35.9 Å². The lowest BCUT2D eigenvalue weighted by atomic mass is 10.1. The van der Waals surface area contributed by atoms with Crippen molar-refractivity contribution < 1.29 is 4.79 Å². The fourth-order valence-electron chi connectivity index (χ4n) is 2.88. The standard InChI is InChI=1S/C22H17N3O/c26-22(21-12-11-18-15-23-14-13-20(18)24-21)25(19-9-5-2-6-10-19)16-17-7-3-1-4-8-17/h1-15H,16H2. The Morgan fingerprint density at radius 3 is 2.35 bits per heavy atom. The minimum atomic E-state index is -0.126. The maximum atomic E-state index is 13.2. The number of hydrogen-bond acceptors (Lipinski definition) is 3. The van der Waals surface area contributed by atoms with E-state index in [-0.39, 0.29) is 5.91 Å². The molecular formula is C22H17N3O. The van der Waals surface area contributed by atoms with Gasteiger partial charge in [0.05, 0.1) is 12.1 Å². The number of nitrogens with zero attached hydrogens (tertiary/aromatic N) is 3. The van der Waals surface area contributed by atoms with Crippen LogP contribution in [-0.4, -0.2) is 15.9 Å². The van der Waals surface area contributed by atoms with Gasteiger partial charge in [0.15, 0.2) is 0 Å². The van der Waals surface area contributed by atoms with Gasteiger partial charge in [0.25, 0.3) is 5.91 Å². The maximum Gasteiger partial charge on any atom is 0.277 e. The van der Waals surface area contributed by atoms with E-state index in [1.807, 2.05) is 72.8 Å². The number of fused-ring (bicyclic) bond motifs is 1. The number of benzene rings is 2. The first-order valence-electron chi connectivity index (χ1n) is 8.43. The summed E-state index contributed by atoms with van der Waals surface area (Å²) in [4.78, 5) is 23.6. The second-order valence-corrected chi connectivity index (χ2v) is 5.98. The van der Waals surface area contributed by atoms with Gasteiger partial charge in [0.2, 0.25) is 0 Å². The Kier molecular flexibility index (Phi) is 4.39. The van der Waals surface area contributed by atoms with E-state index in [1.165, 1.54) is 0 Å². The molecule has 0 spiro atoms. The Morgan fingerprint density at radius 1 is 0.846 bits per heavy atom. The fourth-order valence-corrected chi connectivity index (χ4v) is 2.88. The molecule has 0 aliphatic carbocycles. The lowest BCUT2D eigenvalue weighted by Gasteiger charge is -2.23. The van der Waals surface area contributed by atoms with Crippen molar-refractivity contribution in [3.63, 3.8) is 0 Å². The molecule has 4 rings (SSSR count). The summed E-state index contributed by atoms with van der Waals surface area (Å²) in [6.45, 7) is 0.486. The molecule has 0 N–H and O–H groups in total. The van der Waals surface area contributed by atoms with E-state index in [0.29, 0.717) is 12.2 Å². The second kappa shape index (κ2) is 7.15. The van der Waals surface area contributed by atoms with E-state index >= 15 is 0 Å². The molecule has 4 heteroatoms. The monoisotopic (exact) mass is 339 g/mol. The van der Waals surface area contributed by atoms with E-state index in [2.05, 4.69) is 9.97 Å². The minimum absolute atomic E-state index is 0.126. The average Bonchev–Trinajstić information content (AvgIpc) is 2.72. The second-order valence-electron chi connectivity index (χ2n) is 5.98. The Morgan fingerprint density at radius 2 is 1.58 bits per heavy atom. The molecule has 0 atom stereocenters. The third-order valence-corrected chi connectivity index (χ3v) is 4.21. The third kappa shape index (κ3) is 3.30. The van der Waals surface area contributed by atoms with Crippen molar-refractivity contribution in [1.29, 1.82) is 0 Å². The molecule has 0 aliphatic rings. The van der Waals surface area contributed by atoms with Crippen LogP contribution in [0.1, 0.15) is 16.1 Å². The summed E-state index contributed by atoms with van der Waals surface area (Å²) < 4.78 is 0. The molecule has 0 bridgehead atoms. The number of anilines is 1. The summed E-state index contributed by atoms with van der Waals surface area (Å²) in [5.74, 6) is -0.126. The largest absolute Gasteiger partial charge is 0.303 e. The number of rotatable bonds is 4. The molecule has 1 amide bonds. The molecule has 0 radical (unpaired) electrons. The summed E-state index contributed by atoms with van der Waals surface area (Å²) in [6, 6.07) is 25.1. The van der Waals surface area contributed by atoms with Gasteiger partial charge in [0.1, 0.15) is 5.69 Å². The molecule has 26 heavy (non-hydrogen) atoms. The molecule has 2 heterocycles. The molecule has 4 aromatic rings. The zero-order valence-corrected chi connectivity index (χ0v) is 14.1. The molecule has 0 aliphatic heterocycles. The van der Waals surface area contributed by atoms with Crippen LogP contribution in [0.15, 0.2) is 91.3 Å². The fraction of sp³-hybridized carbons (Fsp3) is 0.0455. The van der Waals surface area contributed by atoms with Crippen molar-refractivity contribution in [2.24, 2.45) is 0 Å². The molecule has 0 saturated carbocycles. The quantitative estimate of drug-likeness (QED) is 0.551. The number of aromatic nitrogens is 2. The molecule has 126 valence electrons. The summed E-state index contributed by atoms with van der Waals surface area (Å²) in [6.07, 6.45) is 3.43. The highest BCUT2D eigenvalue weighted by Gasteiger charge is 2.19. The van der Waals surface area contributed by atoms with Gasteiger partial charge >= 0.3 is 0 Å². The van der Waals surface area contributed by atoms with Crippen molar-refractivity contribution in [2.75, 3.05) is 4.90 Å². The van der Waals surface area contributed by atoms with Gasteiger partial charge in [-0.2, -0.15) is 0 Å². The summed E-state index contributed by atoms with van der Waals surface area (Å²) in [5.41, 5.74) is 3.09. The van der Waals surface area contributed by atoms with Crippen LogP contribution in [0.25, 0.3) is 10.9 Å². The van der Waals surface area contributed by atoms with Crippen LogP contribution in [0.3, 0.4) is 0 Å². The molecular weight excluding hydrogens is 322 g/mol. The van der Waals surface area contributed by atoms with Gasteiger partial charge in [0, 0.05) is 23.5 Å². The topological polar surface area (TPSA) is 46.1 Å². The number of amides is 1. The van der Waals surface area contributed by atoms with E-state index in [1.54, 1.807) is 23.4 Å². The van der Waals surface area contributed by atoms with Gasteiger partial charge in [-0.1, -0.05) is 48.5 Å². The van der Waals surface area contributed by atoms with E-state index in [9.17, 15) is 4.79 Å². The van der Waals surface area contributed by atoms with Crippen LogP contribution in [-0.2, 0) is 6.54 Å². The molecule has 2 aromatic heterocycles. The highest BCUT2D eigenvalue weighted by Crippen LogP contribution is 2.20. The third-order valence-electron chi connectivity index (χ3n) is 4.21. The molecule has 0 saturated heterocycles. The van der Waals surface area contributed by atoms with Crippen LogP contribution in [0.4, 0.5) is 5.69 Å². The average molecular weight is 339 g/mol. The van der Waals surface area contributed by atoms with Crippen molar-refractivity contribution in [3.05, 3.63) is 103 Å². The highest BCUT2D eigenvalue weighted by molar-refractivity contribution is 6.05. The molecule has 2 aromatic carbocycles. The first kappa shape index (κ1) is 16.0. The highest BCUT2D eigenvalue weighted by atomic mass is 16.2. The molecule has 4 nitrogen and oxygen atoms in total. The molecule has 0 fully saturated rings. The normalized spacial score (nSPS) is 10.6. The van der Waals surface area contributed by atoms with Crippen molar-refractivity contribution >= 4 is 22.5 Å². The number of pyridine rings is 2. The van der Waals surface area contributed by atoms with Crippen LogP contribution in [0.2, 0.25) is 0 Å². The van der Waals surface area contributed by atoms with Crippen LogP contribution in [0.5, 0.6) is 0 Å². The minimum Gasteiger partial charge on any atom is -0.303 e. The van der Waals surface area contributed by atoms with Gasteiger partial charge in [-0.3, -0.25) is 9.78 Å². The van der Waals surface area contributed by atoms with Crippen LogP contribution >= 0.6 is 0 Å². The lowest BCUT2D eigenvalue weighted by molar-refractivity contribution is 0.0980. The van der Waals surface area contributed by atoms with E-state index in [0.717, 1.165) is 22.2 Å². The van der Waals surface area contributed by atoms with Crippen LogP contribution < -0.4 is 4.90 Å². The molecule has 0 unspecified atom stereocenters. The van der Waals surface area contributed by atoms with Crippen molar-refractivity contribution in [3.8, 4) is 0 Å². The van der Waals surface area contributed by atoms with E-state index < -0.39 is 0 Å². The lowest BCUT2D eigenvalue weighted by Crippen LogP contribution is -2.31. The Balaban J connectivity index is 1.73. The van der Waals surface area contributed by atoms with Gasteiger partial charge in [-0.15, -0.1) is 0 Å². The van der Waals surface area contributed by atoms with Crippen LogP contribution in [0, 0.1) is 0 Å². The maximum absolute atomic E-state index is 13.2. The van der Waals surface area contributed by atoms with Crippen molar-refractivity contribution in [1.82, 2.24) is 9.97 Å². The number of para-hydroxylation sites is 1. The zero-order valence-electron chi connectivity index (χ0n) is 14.1. The Hall–Kier alpha value is -3.53. The van der Waals surface area contributed by atoms with E-state index in [4.69, 9.17) is 0 Å². The Bertz CT molecular complexity index is 1030. The van der Waals surface area contributed by atoms with Gasteiger partial charge < -0.3 is 4.90 Å². The Labute approximate surface area is 151 Å². The number of hydrogen-bond donors (Lipinski definition) is 0.